The average Bonchev–Trinajstić information content (AvgIpc) is 2.40. The Balaban J connectivity index is 2.18. The van der Waals surface area contributed by atoms with Crippen LogP contribution < -0.4 is 10.5 Å². The number of rotatable bonds is 4. The first-order chi connectivity index (χ1) is 9.47. The summed E-state index contributed by atoms with van der Waals surface area (Å²) >= 11 is 6.74. The second kappa shape index (κ2) is 6.41. The van der Waals surface area contributed by atoms with Crippen molar-refractivity contribution in [2.24, 2.45) is 0 Å². The molecule has 2 N–H and O–H groups in total. The van der Waals surface area contributed by atoms with Crippen molar-refractivity contribution in [2.75, 3.05) is 5.73 Å². The summed E-state index contributed by atoms with van der Waals surface area (Å²) in [4.78, 5) is 12.4. The first kappa shape index (κ1) is 15.1. The largest absolute Gasteiger partial charge is 0.482 e. The molecule has 0 aromatic heterocycles. The van der Waals surface area contributed by atoms with Crippen LogP contribution in [0.25, 0.3) is 0 Å². The Morgan fingerprint density at radius 3 is 2.65 bits per heavy atom. The molecule has 0 radical (unpaired) electrons. The Labute approximate surface area is 134 Å². The highest BCUT2D eigenvalue weighted by Gasteiger charge is 2.19. The molecule has 0 heterocycles. The van der Waals surface area contributed by atoms with Gasteiger partial charge in [-0.05, 0) is 37.3 Å². The lowest BCUT2D eigenvalue weighted by Gasteiger charge is -2.15. The SMILES string of the molecule is CC(Oc1cccc(N)c1)C(=O)c1cc(Br)ccc1Br. The Morgan fingerprint density at radius 2 is 1.95 bits per heavy atom. The second-order valence-electron chi connectivity index (χ2n) is 4.32. The van der Waals surface area contributed by atoms with Crippen LogP contribution in [0.2, 0.25) is 0 Å². The number of nitrogens with two attached hydrogens (primary N) is 1. The van der Waals surface area contributed by atoms with Gasteiger partial charge in [0.15, 0.2) is 6.10 Å². The van der Waals surface area contributed by atoms with Crippen molar-refractivity contribution in [2.45, 2.75) is 13.0 Å². The van der Waals surface area contributed by atoms with Crippen LogP contribution in [0.15, 0.2) is 51.4 Å². The van der Waals surface area contributed by atoms with Crippen LogP contribution in [-0.2, 0) is 0 Å². The smallest absolute Gasteiger partial charge is 0.204 e. The van der Waals surface area contributed by atoms with E-state index in [2.05, 4.69) is 31.9 Å². The predicted octanol–water partition coefficient (Wildman–Crippen LogP) is 4.44. The van der Waals surface area contributed by atoms with Crippen LogP contribution in [-0.4, -0.2) is 11.9 Å². The van der Waals surface area contributed by atoms with Gasteiger partial charge in [-0.25, -0.2) is 0 Å². The Kier molecular flexibility index (Phi) is 4.83. The van der Waals surface area contributed by atoms with Crippen molar-refractivity contribution in [1.82, 2.24) is 0 Å². The highest BCUT2D eigenvalue weighted by Crippen LogP contribution is 2.24. The number of benzene rings is 2. The van der Waals surface area contributed by atoms with Crippen LogP contribution in [0.5, 0.6) is 5.75 Å². The monoisotopic (exact) mass is 397 g/mol. The van der Waals surface area contributed by atoms with Crippen molar-refractivity contribution < 1.29 is 9.53 Å². The van der Waals surface area contributed by atoms with Gasteiger partial charge in [-0.15, -0.1) is 0 Å². The number of Topliss-reactive ketones (excluding diaryl/α,β-unsaturated/α-hetero) is 1. The third-order valence-corrected chi connectivity index (χ3v) is 3.92. The molecule has 1 unspecified atom stereocenters. The predicted molar refractivity (Wildman–Crippen MR) is 87.1 cm³/mol. The summed E-state index contributed by atoms with van der Waals surface area (Å²) < 4.78 is 7.23. The molecule has 0 fully saturated rings. The highest BCUT2D eigenvalue weighted by atomic mass is 79.9. The van der Waals surface area contributed by atoms with Crippen molar-refractivity contribution in [1.29, 1.82) is 0 Å². The number of hydrogen-bond donors (Lipinski definition) is 1. The van der Waals surface area contributed by atoms with Gasteiger partial charge in [0.25, 0.3) is 0 Å². The minimum absolute atomic E-state index is 0.0967. The number of carbonyl (C=O) groups excluding carboxylic acids is 1. The van der Waals surface area contributed by atoms with Gasteiger partial charge in [0, 0.05) is 26.3 Å². The maximum Gasteiger partial charge on any atom is 0.204 e. The number of ether oxygens (including phenoxy) is 1. The van der Waals surface area contributed by atoms with E-state index < -0.39 is 6.10 Å². The average molecular weight is 399 g/mol. The van der Waals surface area contributed by atoms with Crippen LogP contribution >= 0.6 is 31.9 Å². The molecule has 1 atom stereocenters. The minimum Gasteiger partial charge on any atom is -0.482 e. The summed E-state index contributed by atoms with van der Waals surface area (Å²) in [6.07, 6.45) is -0.595. The van der Waals surface area contributed by atoms with Crippen LogP contribution in [0.3, 0.4) is 0 Å². The maximum absolute atomic E-state index is 12.4. The number of nitrogen functional groups attached to an aromatic ring is 1. The van der Waals surface area contributed by atoms with Crippen molar-refractivity contribution in [3.05, 3.63) is 57.0 Å². The summed E-state index contributed by atoms with van der Waals surface area (Å²) in [5.41, 5.74) is 6.87. The van der Waals surface area contributed by atoms with E-state index >= 15 is 0 Å². The van der Waals surface area contributed by atoms with Gasteiger partial charge >= 0.3 is 0 Å². The van der Waals surface area contributed by atoms with Crippen molar-refractivity contribution in [3.63, 3.8) is 0 Å². The highest BCUT2D eigenvalue weighted by molar-refractivity contribution is 9.11. The minimum atomic E-state index is -0.595. The Morgan fingerprint density at radius 1 is 1.20 bits per heavy atom. The summed E-state index contributed by atoms with van der Waals surface area (Å²) in [5, 5.41) is 0. The molecule has 104 valence electrons. The Hall–Kier alpha value is -1.33. The van der Waals surface area contributed by atoms with Gasteiger partial charge < -0.3 is 10.5 Å². The lowest BCUT2D eigenvalue weighted by molar-refractivity contribution is 0.0817. The third kappa shape index (κ3) is 3.61. The number of ketones is 1. The lowest BCUT2D eigenvalue weighted by atomic mass is 10.1. The van der Waals surface area contributed by atoms with Crippen molar-refractivity contribution >= 4 is 43.3 Å². The molecule has 0 saturated carbocycles. The topological polar surface area (TPSA) is 52.3 Å². The molecule has 0 saturated heterocycles. The fraction of sp³-hybridized carbons (Fsp3) is 0.133. The van der Waals surface area contributed by atoms with Crippen LogP contribution in [0, 0.1) is 0 Å². The quantitative estimate of drug-likeness (QED) is 0.611. The van der Waals surface area contributed by atoms with E-state index in [0.29, 0.717) is 17.0 Å². The summed E-state index contributed by atoms with van der Waals surface area (Å²) in [5.74, 6) is 0.484. The number of halogens is 2. The van der Waals surface area contributed by atoms with Gasteiger partial charge in [0.2, 0.25) is 5.78 Å². The fourth-order valence-electron chi connectivity index (χ4n) is 1.75. The zero-order valence-corrected chi connectivity index (χ0v) is 13.9. The first-order valence-corrected chi connectivity index (χ1v) is 7.57. The summed E-state index contributed by atoms with van der Waals surface area (Å²) in [7, 11) is 0. The van der Waals surface area contributed by atoms with Gasteiger partial charge in [-0.2, -0.15) is 0 Å². The molecule has 0 aliphatic rings. The van der Waals surface area contributed by atoms with Gasteiger partial charge in [0.05, 0.1) is 0 Å². The zero-order valence-electron chi connectivity index (χ0n) is 10.8. The third-order valence-electron chi connectivity index (χ3n) is 2.73. The van der Waals surface area contributed by atoms with Crippen molar-refractivity contribution in [3.8, 4) is 5.75 Å². The molecule has 2 aromatic rings. The molecule has 0 bridgehead atoms. The summed E-state index contributed by atoms with van der Waals surface area (Å²) in [6.45, 7) is 1.72. The molecule has 2 rings (SSSR count). The first-order valence-electron chi connectivity index (χ1n) is 5.99. The van der Waals surface area contributed by atoms with E-state index in [1.165, 1.54) is 0 Å². The van der Waals surface area contributed by atoms with E-state index in [1.807, 2.05) is 12.1 Å². The van der Waals surface area contributed by atoms with Crippen LogP contribution in [0.4, 0.5) is 5.69 Å². The molecule has 3 nitrogen and oxygen atoms in total. The molecule has 0 amide bonds. The standard InChI is InChI=1S/C15H13Br2NO2/c1-9(20-12-4-2-3-11(18)8-12)15(19)13-7-10(16)5-6-14(13)17/h2-9H,18H2,1H3. The van der Waals surface area contributed by atoms with E-state index in [1.54, 1.807) is 37.3 Å². The van der Waals surface area contributed by atoms with Gasteiger partial charge in [0.1, 0.15) is 5.75 Å². The van der Waals surface area contributed by atoms with E-state index in [9.17, 15) is 4.79 Å². The van der Waals surface area contributed by atoms with E-state index in [0.717, 1.165) is 8.95 Å². The maximum atomic E-state index is 12.4. The normalized spacial score (nSPS) is 11.9. The number of anilines is 1. The second-order valence-corrected chi connectivity index (χ2v) is 6.09. The molecule has 2 aromatic carbocycles. The Bertz CT molecular complexity index is 644. The summed E-state index contributed by atoms with van der Waals surface area (Å²) in [6, 6.07) is 12.5. The number of hydrogen-bond acceptors (Lipinski definition) is 3. The molecule has 20 heavy (non-hydrogen) atoms. The lowest BCUT2D eigenvalue weighted by Crippen LogP contribution is -2.24. The zero-order chi connectivity index (χ0) is 14.7. The molecule has 0 aliphatic heterocycles. The molecular formula is C15H13Br2NO2. The molecule has 0 spiro atoms. The van der Waals surface area contributed by atoms with E-state index in [-0.39, 0.29) is 5.78 Å². The fourth-order valence-corrected chi connectivity index (χ4v) is 2.55. The number of carbonyl (C=O) groups is 1. The van der Waals surface area contributed by atoms with Gasteiger partial charge in [-0.1, -0.05) is 37.9 Å². The van der Waals surface area contributed by atoms with E-state index in [4.69, 9.17) is 10.5 Å². The molecular weight excluding hydrogens is 386 g/mol. The molecule has 0 aliphatic carbocycles. The molecule has 5 heteroatoms. The van der Waals surface area contributed by atoms with Gasteiger partial charge in [-0.3, -0.25) is 4.79 Å². The van der Waals surface area contributed by atoms with Crippen LogP contribution in [0.1, 0.15) is 17.3 Å².